The Morgan fingerprint density at radius 3 is 2.53 bits per heavy atom. The summed E-state index contributed by atoms with van der Waals surface area (Å²) in [5.41, 5.74) is -4.15. The molecule has 3 saturated heterocycles. The number of aliphatic hydroxyl groups is 5. The summed E-state index contributed by atoms with van der Waals surface area (Å²) in [4.78, 5) is 25.2. The van der Waals surface area contributed by atoms with Gasteiger partial charge in [0.1, 0.15) is 42.0 Å². The van der Waals surface area contributed by atoms with E-state index in [4.69, 9.17) is 18.9 Å². The summed E-state index contributed by atoms with van der Waals surface area (Å²) in [6.45, 7) is 2.63. The van der Waals surface area contributed by atoms with Crippen LogP contribution in [0.25, 0.3) is 0 Å². The molecule has 32 heavy (non-hydrogen) atoms. The normalized spacial score (nSPS) is 54.0. The third-order valence-corrected chi connectivity index (χ3v) is 8.86. The molecule has 0 aromatic rings. The average molecular weight is 456 g/mol. The highest BCUT2D eigenvalue weighted by Gasteiger charge is 2.89. The van der Waals surface area contributed by atoms with Crippen LogP contribution in [0, 0.1) is 16.2 Å². The summed E-state index contributed by atoms with van der Waals surface area (Å²) in [6.07, 6.45) is -6.57. The molecule has 0 aromatic carbocycles. The number of hydrogen-bond acceptors (Lipinski definition) is 11. The van der Waals surface area contributed by atoms with Crippen LogP contribution in [-0.2, 0) is 28.5 Å². The third-order valence-electron chi connectivity index (χ3n) is 8.86. The summed E-state index contributed by atoms with van der Waals surface area (Å²) in [5, 5.41) is 51.1. The first-order valence-corrected chi connectivity index (χ1v) is 10.7. The van der Waals surface area contributed by atoms with Gasteiger partial charge in [0.25, 0.3) is 0 Å². The molecule has 0 amide bonds. The van der Waals surface area contributed by atoms with Gasteiger partial charge in [-0.1, -0.05) is 13.0 Å². The van der Waals surface area contributed by atoms with E-state index < -0.39 is 77.2 Å². The molecule has 3 aliphatic heterocycles. The third kappa shape index (κ3) is 2.20. The fourth-order valence-corrected chi connectivity index (χ4v) is 6.80. The fraction of sp³-hybridized carbons (Fsp3) is 0.810. The molecular formula is C21H28O11. The number of carbonyl (C=O) groups is 2. The maximum atomic E-state index is 12.7. The van der Waals surface area contributed by atoms with Gasteiger partial charge in [0.2, 0.25) is 0 Å². The first-order valence-electron chi connectivity index (χ1n) is 10.7. The van der Waals surface area contributed by atoms with Crippen LogP contribution in [0.1, 0.15) is 26.7 Å². The number of aliphatic hydroxyl groups excluding tert-OH is 5. The first-order chi connectivity index (χ1) is 15.0. The highest BCUT2D eigenvalue weighted by Crippen LogP contribution is 2.78. The molecule has 0 unspecified atom stereocenters. The van der Waals surface area contributed by atoms with Crippen LogP contribution >= 0.6 is 0 Å². The number of ether oxygens (including phenoxy) is 4. The van der Waals surface area contributed by atoms with Crippen molar-refractivity contribution in [3.05, 3.63) is 11.6 Å². The molecule has 5 N–H and O–H groups in total. The molecule has 5 rings (SSSR count). The van der Waals surface area contributed by atoms with Crippen molar-refractivity contribution >= 4 is 11.9 Å². The Balaban J connectivity index is 1.45. The molecular weight excluding hydrogens is 428 g/mol. The molecule has 5 aliphatic rings. The molecule has 178 valence electrons. The number of hydrogen-bond donors (Lipinski definition) is 5. The molecule has 11 heteroatoms. The summed E-state index contributed by atoms with van der Waals surface area (Å²) in [6, 6.07) is 0. The minimum Gasteiger partial charge on any atom is -0.464 e. The van der Waals surface area contributed by atoms with E-state index in [-0.39, 0.29) is 26.1 Å². The second-order valence-electron chi connectivity index (χ2n) is 9.90. The zero-order valence-electron chi connectivity index (χ0n) is 17.8. The SMILES string of the molecule is C[C@@]12COC(=O)[C@]1(C)[C@@H](O)[C@@]13CC(=O)O[C@@]21CC=C3CO[C@@H]1O[C@H](CO)[C@@H](O)[C@H](O)[C@H]1O. The molecule has 11 nitrogen and oxygen atoms in total. The zero-order chi connectivity index (χ0) is 23.3. The van der Waals surface area contributed by atoms with Crippen LogP contribution in [0.5, 0.6) is 0 Å². The van der Waals surface area contributed by atoms with Crippen LogP contribution in [-0.4, -0.2) is 99.7 Å². The zero-order valence-corrected chi connectivity index (χ0v) is 17.8. The van der Waals surface area contributed by atoms with Crippen molar-refractivity contribution in [1.82, 2.24) is 0 Å². The van der Waals surface area contributed by atoms with E-state index in [1.165, 1.54) is 0 Å². The number of carbonyl (C=O) groups excluding carboxylic acids is 2. The lowest BCUT2D eigenvalue weighted by Crippen LogP contribution is -2.59. The van der Waals surface area contributed by atoms with Crippen LogP contribution < -0.4 is 0 Å². The van der Waals surface area contributed by atoms with Gasteiger partial charge in [0.15, 0.2) is 6.29 Å². The van der Waals surface area contributed by atoms with Crippen LogP contribution in [0.4, 0.5) is 0 Å². The van der Waals surface area contributed by atoms with E-state index in [9.17, 15) is 35.1 Å². The van der Waals surface area contributed by atoms with Gasteiger partial charge in [-0.2, -0.15) is 0 Å². The number of fused-ring (bicyclic) bond motifs is 1. The van der Waals surface area contributed by atoms with Crippen LogP contribution in [0.2, 0.25) is 0 Å². The second-order valence-corrected chi connectivity index (χ2v) is 9.90. The molecule has 2 aliphatic carbocycles. The van der Waals surface area contributed by atoms with Gasteiger partial charge in [0, 0.05) is 6.42 Å². The molecule has 10 atom stereocenters. The predicted molar refractivity (Wildman–Crippen MR) is 101 cm³/mol. The largest absolute Gasteiger partial charge is 0.464 e. The lowest BCUT2D eigenvalue weighted by atomic mass is 9.62. The van der Waals surface area contributed by atoms with Crippen molar-refractivity contribution in [3.63, 3.8) is 0 Å². The maximum absolute atomic E-state index is 12.7. The second kappa shape index (κ2) is 6.72. The van der Waals surface area contributed by atoms with E-state index in [2.05, 4.69) is 0 Å². The Morgan fingerprint density at radius 1 is 1.12 bits per heavy atom. The van der Waals surface area contributed by atoms with Gasteiger partial charge < -0.3 is 44.5 Å². The van der Waals surface area contributed by atoms with Crippen molar-refractivity contribution in [3.8, 4) is 0 Å². The highest BCUT2D eigenvalue weighted by molar-refractivity contribution is 5.86. The molecule has 0 radical (unpaired) electrons. The highest BCUT2D eigenvalue weighted by atomic mass is 16.7. The predicted octanol–water partition coefficient (Wildman–Crippen LogP) is -2.25. The molecule has 3 heterocycles. The Labute approximate surface area is 183 Å². The molecule has 0 spiro atoms. The Kier molecular flexibility index (Phi) is 4.66. The minimum absolute atomic E-state index is 0.00309. The van der Waals surface area contributed by atoms with E-state index >= 15 is 0 Å². The topological polar surface area (TPSA) is 172 Å². The first kappa shape index (κ1) is 22.2. The fourth-order valence-electron chi connectivity index (χ4n) is 6.80. The molecule has 1 saturated carbocycles. The summed E-state index contributed by atoms with van der Waals surface area (Å²) in [7, 11) is 0. The lowest BCUT2D eigenvalue weighted by molar-refractivity contribution is -0.299. The van der Waals surface area contributed by atoms with E-state index in [1.807, 2.05) is 0 Å². The maximum Gasteiger partial charge on any atom is 0.315 e. The van der Waals surface area contributed by atoms with Gasteiger partial charge in [0.05, 0.1) is 36.6 Å². The monoisotopic (exact) mass is 456 g/mol. The summed E-state index contributed by atoms with van der Waals surface area (Å²) in [5.74, 6) is -1.04. The number of cyclic esters (lactones) is 1. The quantitative estimate of drug-likeness (QED) is 0.228. The van der Waals surface area contributed by atoms with Gasteiger partial charge in [-0.15, -0.1) is 0 Å². The molecule has 4 fully saturated rings. The molecule has 0 aromatic heterocycles. The standard InChI is InChI=1S/C21H28O11/c1-18-8-30-17(28)19(18,2)16(27)20-5-11(23)32-21(18,20)4-3-9(20)7-29-15-14(26)13(25)12(24)10(6-22)31-15/h3,10,12-16,22,24-27H,4-8H2,1-2H3/t10-,12-,13+,14-,15-,16-,18-,19+,20+,21+/m1/s1. The van der Waals surface area contributed by atoms with Crippen LogP contribution in [0.15, 0.2) is 11.6 Å². The van der Waals surface area contributed by atoms with Crippen molar-refractivity contribution in [2.24, 2.45) is 16.2 Å². The van der Waals surface area contributed by atoms with Crippen molar-refractivity contribution in [2.75, 3.05) is 19.8 Å². The molecule has 0 bridgehead atoms. The van der Waals surface area contributed by atoms with E-state index in [0.29, 0.717) is 5.57 Å². The Morgan fingerprint density at radius 2 is 1.84 bits per heavy atom. The Hall–Kier alpha value is -1.60. The summed E-state index contributed by atoms with van der Waals surface area (Å²) >= 11 is 0. The number of esters is 2. The van der Waals surface area contributed by atoms with Crippen LogP contribution in [0.3, 0.4) is 0 Å². The smallest absolute Gasteiger partial charge is 0.315 e. The number of rotatable bonds is 4. The van der Waals surface area contributed by atoms with Gasteiger partial charge in [-0.25, -0.2) is 0 Å². The van der Waals surface area contributed by atoms with Crippen molar-refractivity contribution < 1.29 is 54.1 Å². The van der Waals surface area contributed by atoms with Gasteiger partial charge in [-0.05, 0) is 12.5 Å². The Bertz CT molecular complexity index is 887. The van der Waals surface area contributed by atoms with E-state index in [1.54, 1.807) is 19.9 Å². The summed E-state index contributed by atoms with van der Waals surface area (Å²) < 4.78 is 22.3. The lowest BCUT2D eigenvalue weighted by Gasteiger charge is -2.43. The van der Waals surface area contributed by atoms with Crippen molar-refractivity contribution in [1.29, 1.82) is 0 Å². The van der Waals surface area contributed by atoms with Gasteiger partial charge >= 0.3 is 11.9 Å². The average Bonchev–Trinajstić information content (AvgIpc) is 3.35. The van der Waals surface area contributed by atoms with Crippen molar-refractivity contribution in [2.45, 2.75) is 69.1 Å². The minimum atomic E-state index is -1.60. The van der Waals surface area contributed by atoms with E-state index in [0.717, 1.165) is 0 Å². The van der Waals surface area contributed by atoms with Gasteiger partial charge in [-0.3, -0.25) is 9.59 Å².